The number of piperidine rings is 1. The fourth-order valence-corrected chi connectivity index (χ4v) is 4.91. The van der Waals surface area contributed by atoms with E-state index in [0.29, 0.717) is 57.7 Å². The number of carbonyl (C=O) groups is 3. The molecular weight excluding hydrogens is 418 g/mol. The Morgan fingerprint density at radius 3 is 2.03 bits per heavy atom. The van der Waals surface area contributed by atoms with Gasteiger partial charge in [-0.15, -0.1) is 0 Å². The van der Waals surface area contributed by atoms with E-state index in [1.54, 1.807) is 7.11 Å². The number of hydrogen-bond donors (Lipinski definition) is 0. The molecule has 0 saturated carbocycles. The van der Waals surface area contributed by atoms with Gasteiger partial charge in [0.05, 0.1) is 7.11 Å². The Labute approximate surface area is 195 Å². The van der Waals surface area contributed by atoms with Gasteiger partial charge in [0.2, 0.25) is 11.8 Å². The molecule has 2 aliphatic rings. The Morgan fingerprint density at radius 1 is 0.818 bits per heavy atom. The van der Waals surface area contributed by atoms with E-state index < -0.39 is 0 Å². The number of likely N-dealkylation sites (tertiary alicyclic amines) is 1. The summed E-state index contributed by atoms with van der Waals surface area (Å²) in [6, 6.07) is 11.5. The monoisotopic (exact) mass is 451 g/mol. The van der Waals surface area contributed by atoms with Crippen molar-refractivity contribution in [1.29, 1.82) is 0 Å². The van der Waals surface area contributed by atoms with E-state index in [-0.39, 0.29) is 29.6 Å². The summed E-state index contributed by atoms with van der Waals surface area (Å²) in [5.41, 5.74) is 0.669. The van der Waals surface area contributed by atoms with Crippen molar-refractivity contribution in [2.75, 3.05) is 46.4 Å². The number of nitrogens with zero attached hydrogens (tertiary/aromatic N) is 3. The highest BCUT2D eigenvalue weighted by Crippen LogP contribution is 2.30. The van der Waals surface area contributed by atoms with Crippen molar-refractivity contribution >= 4 is 28.5 Å². The highest BCUT2D eigenvalue weighted by molar-refractivity contribution is 6.08. The van der Waals surface area contributed by atoms with Crippen LogP contribution in [0.3, 0.4) is 0 Å². The molecule has 7 heteroatoms. The van der Waals surface area contributed by atoms with Crippen LogP contribution in [0.5, 0.6) is 5.75 Å². The van der Waals surface area contributed by atoms with Crippen LogP contribution in [0.4, 0.5) is 0 Å². The van der Waals surface area contributed by atoms with Crippen LogP contribution >= 0.6 is 0 Å². The van der Waals surface area contributed by atoms with Gasteiger partial charge in [0.25, 0.3) is 5.91 Å². The molecule has 0 radical (unpaired) electrons. The molecule has 2 aromatic carbocycles. The Balaban J connectivity index is 1.36. The van der Waals surface area contributed by atoms with Gasteiger partial charge < -0.3 is 19.4 Å². The minimum atomic E-state index is -0.0611. The minimum Gasteiger partial charge on any atom is -0.496 e. The lowest BCUT2D eigenvalue weighted by Crippen LogP contribution is -2.53. The van der Waals surface area contributed by atoms with Crippen molar-refractivity contribution in [1.82, 2.24) is 14.7 Å². The average Bonchev–Trinajstić information content (AvgIpc) is 2.87. The third kappa shape index (κ3) is 4.68. The first-order valence-electron chi connectivity index (χ1n) is 11.8. The summed E-state index contributed by atoms with van der Waals surface area (Å²) in [6.45, 7) is 7.34. The molecule has 0 N–H and O–H groups in total. The number of fused-ring (bicyclic) bond motifs is 1. The molecule has 0 unspecified atom stereocenters. The Bertz CT molecular complexity index is 1040. The first-order chi connectivity index (χ1) is 15.9. The highest BCUT2D eigenvalue weighted by atomic mass is 16.5. The summed E-state index contributed by atoms with van der Waals surface area (Å²) in [5.74, 6) is 0.988. The number of amides is 3. The summed E-state index contributed by atoms with van der Waals surface area (Å²) in [4.78, 5) is 44.2. The van der Waals surface area contributed by atoms with Crippen molar-refractivity contribution in [3.05, 3.63) is 42.0 Å². The molecule has 0 aromatic heterocycles. The standard InChI is InChI=1S/C26H33N3O4/c1-18(2)24(30)28-14-16-29(17-15-28)25(31)19-10-12-27(13-11-19)26(32)22-8-9-23(33-3)21-7-5-4-6-20(21)22/h4-9,18-19H,10-17H2,1-3H3. The number of hydrogen-bond acceptors (Lipinski definition) is 4. The van der Waals surface area contributed by atoms with Gasteiger partial charge >= 0.3 is 0 Å². The topological polar surface area (TPSA) is 70.2 Å². The van der Waals surface area contributed by atoms with Gasteiger partial charge in [-0.05, 0) is 30.4 Å². The van der Waals surface area contributed by atoms with E-state index >= 15 is 0 Å². The lowest BCUT2D eigenvalue weighted by Gasteiger charge is -2.39. The van der Waals surface area contributed by atoms with E-state index in [4.69, 9.17) is 4.74 Å². The van der Waals surface area contributed by atoms with Crippen LogP contribution in [0.2, 0.25) is 0 Å². The molecule has 33 heavy (non-hydrogen) atoms. The number of benzene rings is 2. The van der Waals surface area contributed by atoms with Crippen LogP contribution in [-0.4, -0.2) is 78.8 Å². The highest BCUT2D eigenvalue weighted by Gasteiger charge is 2.33. The molecule has 0 spiro atoms. The molecule has 2 fully saturated rings. The van der Waals surface area contributed by atoms with E-state index in [0.717, 1.165) is 16.5 Å². The van der Waals surface area contributed by atoms with Crippen molar-refractivity contribution in [2.24, 2.45) is 11.8 Å². The quantitative estimate of drug-likeness (QED) is 0.717. The number of methoxy groups -OCH3 is 1. The lowest BCUT2D eigenvalue weighted by atomic mass is 9.94. The van der Waals surface area contributed by atoms with E-state index in [1.165, 1.54) is 0 Å². The Hall–Kier alpha value is -3.09. The molecular formula is C26H33N3O4. The number of carbonyl (C=O) groups excluding carboxylic acids is 3. The molecule has 0 atom stereocenters. The predicted octanol–water partition coefficient (Wildman–Crippen LogP) is 3.03. The third-order valence-corrected chi connectivity index (χ3v) is 6.86. The van der Waals surface area contributed by atoms with Gasteiger partial charge in [-0.25, -0.2) is 0 Å². The Morgan fingerprint density at radius 2 is 1.42 bits per heavy atom. The zero-order chi connectivity index (χ0) is 23.5. The fourth-order valence-electron chi connectivity index (χ4n) is 4.91. The second-order valence-corrected chi connectivity index (χ2v) is 9.23. The molecule has 2 aromatic rings. The summed E-state index contributed by atoms with van der Waals surface area (Å²) >= 11 is 0. The van der Waals surface area contributed by atoms with Crippen molar-refractivity contribution in [3.63, 3.8) is 0 Å². The zero-order valence-corrected chi connectivity index (χ0v) is 19.8. The minimum absolute atomic E-state index is 0.000522. The molecule has 2 aliphatic heterocycles. The third-order valence-electron chi connectivity index (χ3n) is 6.86. The van der Waals surface area contributed by atoms with Crippen LogP contribution in [0.1, 0.15) is 37.0 Å². The van der Waals surface area contributed by atoms with Crippen molar-refractivity contribution in [3.8, 4) is 5.75 Å². The smallest absolute Gasteiger partial charge is 0.254 e. The van der Waals surface area contributed by atoms with Crippen molar-refractivity contribution < 1.29 is 19.1 Å². The van der Waals surface area contributed by atoms with Gasteiger partial charge in [0, 0.05) is 62.1 Å². The molecule has 0 aliphatic carbocycles. The molecule has 2 heterocycles. The normalized spacial score (nSPS) is 17.5. The fraction of sp³-hybridized carbons (Fsp3) is 0.500. The van der Waals surface area contributed by atoms with Gasteiger partial charge in [-0.3, -0.25) is 14.4 Å². The summed E-state index contributed by atoms with van der Waals surface area (Å²) in [5, 5.41) is 1.81. The van der Waals surface area contributed by atoms with Crippen LogP contribution in [0, 0.1) is 11.8 Å². The van der Waals surface area contributed by atoms with Crippen LogP contribution in [0.15, 0.2) is 36.4 Å². The SMILES string of the molecule is COc1ccc(C(=O)N2CCC(C(=O)N3CCN(C(=O)C(C)C)CC3)CC2)c2ccccc12. The summed E-state index contributed by atoms with van der Waals surface area (Å²) in [6.07, 6.45) is 1.34. The average molecular weight is 452 g/mol. The first kappa shape index (κ1) is 23.1. The number of rotatable bonds is 4. The largest absolute Gasteiger partial charge is 0.496 e. The van der Waals surface area contributed by atoms with E-state index in [9.17, 15) is 14.4 Å². The second kappa shape index (κ2) is 9.81. The maximum atomic E-state index is 13.3. The van der Waals surface area contributed by atoms with Crippen LogP contribution in [0.25, 0.3) is 10.8 Å². The van der Waals surface area contributed by atoms with E-state index in [2.05, 4.69) is 0 Å². The summed E-state index contributed by atoms with van der Waals surface area (Å²) < 4.78 is 5.45. The molecule has 7 nitrogen and oxygen atoms in total. The van der Waals surface area contributed by atoms with Gasteiger partial charge in [-0.1, -0.05) is 38.1 Å². The number of ether oxygens (including phenoxy) is 1. The zero-order valence-electron chi connectivity index (χ0n) is 19.8. The van der Waals surface area contributed by atoms with Gasteiger partial charge in [0.1, 0.15) is 5.75 Å². The van der Waals surface area contributed by atoms with Crippen LogP contribution in [-0.2, 0) is 9.59 Å². The van der Waals surface area contributed by atoms with Crippen LogP contribution < -0.4 is 4.74 Å². The maximum absolute atomic E-state index is 13.3. The second-order valence-electron chi connectivity index (χ2n) is 9.23. The number of piperazine rings is 1. The lowest BCUT2D eigenvalue weighted by molar-refractivity contribution is -0.144. The molecule has 4 rings (SSSR count). The molecule has 0 bridgehead atoms. The van der Waals surface area contributed by atoms with Gasteiger partial charge in [0.15, 0.2) is 0 Å². The summed E-state index contributed by atoms with van der Waals surface area (Å²) in [7, 11) is 1.63. The molecule has 176 valence electrons. The van der Waals surface area contributed by atoms with Gasteiger partial charge in [-0.2, -0.15) is 0 Å². The molecule has 3 amide bonds. The first-order valence-corrected chi connectivity index (χ1v) is 11.8. The molecule has 2 saturated heterocycles. The maximum Gasteiger partial charge on any atom is 0.254 e. The predicted molar refractivity (Wildman–Crippen MR) is 127 cm³/mol. The van der Waals surface area contributed by atoms with E-state index in [1.807, 2.05) is 64.9 Å². The van der Waals surface area contributed by atoms with Crippen molar-refractivity contribution in [2.45, 2.75) is 26.7 Å². The Kier molecular flexibility index (Phi) is 6.86.